The van der Waals surface area contributed by atoms with Crippen LogP contribution in [0.2, 0.25) is 0 Å². The molecule has 3 amide bonds. The molecule has 1 rings (SSSR count). The van der Waals surface area contributed by atoms with Crippen LogP contribution in [0.1, 0.15) is 32.3 Å². The monoisotopic (exact) mass is 291 g/mol. The molecule has 0 saturated carbocycles. The third-order valence-electron chi connectivity index (χ3n) is 3.17. The summed E-state index contributed by atoms with van der Waals surface area (Å²) in [5.41, 5.74) is 1.65. The molecule has 0 spiro atoms. The molecule has 0 saturated heterocycles. The molecule has 0 radical (unpaired) electrons. The second-order valence-electron chi connectivity index (χ2n) is 5.45. The van der Waals surface area contributed by atoms with E-state index in [9.17, 15) is 9.59 Å². The molecule has 1 aromatic carbocycles. The van der Waals surface area contributed by atoms with E-state index in [1.165, 1.54) is 0 Å². The van der Waals surface area contributed by atoms with E-state index in [0.717, 1.165) is 24.1 Å². The van der Waals surface area contributed by atoms with Crippen molar-refractivity contribution in [3.63, 3.8) is 0 Å². The standard InChI is InChI=1S/C16H25N3O2/c1-5-6-12(2)17-16(21)18-14-9-7-13(8-10-14)11-15(20)19(3)4/h7-10,12H,5-6,11H2,1-4H3,(H2,17,18,21)/t12-/m0/s1. The second-order valence-corrected chi connectivity index (χ2v) is 5.45. The Labute approximate surface area is 126 Å². The lowest BCUT2D eigenvalue weighted by atomic mass is 10.1. The van der Waals surface area contributed by atoms with E-state index < -0.39 is 0 Å². The normalized spacial score (nSPS) is 11.6. The molecule has 2 N–H and O–H groups in total. The quantitative estimate of drug-likeness (QED) is 0.846. The molecule has 0 unspecified atom stereocenters. The zero-order chi connectivity index (χ0) is 15.8. The lowest BCUT2D eigenvalue weighted by Crippen LogP contribution is -2.35. The zero-order valence-electron chi connectivity index (χ0n) is 13.3. The van der Waals surface area contributed by atoms with E-state index in [0.29, 0.717) is 6.42 Å². The predicted molar refractivity (Wildman–Crippen MR) is 85.4 cm³/mol. The summed E-state index contributed by atoms with van der Waals surface area (Å²) in [6, 6.07) is 7.28. The molecule has 0 aliphatic carbocycles. The van der Waals surface area contributed by atoms with Gasteiger partial charge in [0.15, 0.2) is 0 Å². The van der Waals surface area contributed by atoms with Crippen LogP contribution in [0, 0.1) is 0 Å². The fourth-order valence-corrected chi connectivity index (χ4v) is 1.93. The number of rotatable bonds is 6. The Morgan fingerprint density at radius 1 is 1.19 bits per heavy atom. The van der Waals surface area contributed by atoms with E-state index >= 15 is 0 Å². The Bertz CT molecular complexity index is 469. The molecule has 0 aromatic heterocycles. The van der Waals surface area contributed by atoms with Gasteiger partial charge >= 0.3 is 6.03 Å². The van der Waals surface area contributed by atoms with Crippen LogP contribution in [0.15, 0.2) is 24.3 Å². The van der Waals surface area contributed by atoms with Crippen molar-refractivity contribution in [2.45, 2.75) is 39.2 Å². The minimum atomic E-state index is -0.201. The number of nitrogens with one attached hydrogen (secondary N) is 2. The molecule has 0 aliphatic rings. The Balaban J connectivity index is 2.51. The number of likely N-dealkylation sites (N-methyl/N-ethyl adjacent to an activating group) is 1. The summed E-state index contributed by atoms with van der Waals surface area (Å²) in [5, 5.41) is 5.67. The van der Waals surface area contributed by atoms with Crippen LogP contribution in [-0.2, 0) is 11.2 Å². The van der Waals surface area contributed by atoms with Gasteiger partial charge in [0.2, 0.25) is 5.91 Å². The average Bonchev–Trinajstić information content (AvgIpc) is 2.40. The van der Waals surface area contributed by atoms with Crippen LogP contribution in [0.5, 0.6) is 0 Å². The first-order valence-corrected chi connectivity index (χ1v) is 7.29. The lowest BCUT2D eigenvalue weighted by molar-refractivity contribution is -0.127. The van der Waals surface area contributed by atoms with Crippen molar-refractivity contribution in [3.05, 3.63) is 29.8 Å². The van der Waals surface area contributed by atoms with Crippen LogP contribution >= 0.6 is 0 Å². The highest BCUT2D eigenvalue weighted by Crippen LogP contribution is 2.10. The topological polar surface area (TPSA) is 61.4 Å². The molecule has 1 aromatic rings. The third kappa shape index (κ3) is 6.29. The SMILES string of the molecule is CCC[C@H](C)NC(=O)Nc1ccc(CC(=O)N(C)C)cc1. The van der Waals surface area contributed by atoms with Crippen LogP contribution in [0.25, 0.3) is 0 Å². The number of urea groups is 1. The molecule has 116 valence electrons. The van der Waals surface area contributed by atoms with Gasteiger partial charge in [-0.15, -0.1) is 0 Å². The van der Waals surface area contributed by atoms with E-state index in [-0.39, 0.29) is 18.0 Å². The van der Waals surface area contributed by atoms with Gasteiger partial charge in [-0.05, 0) is 31.0 Å². The molecular weight excluding hydrogens is 266 g/mol. The Morgan fingerprint density at radius 3 is 2.33 bits per heavy atom. The van der Waals surface area contributed by atoms with E-state index in [1.54, 1.807) is 19.0 Å². The summed E-state index contributed by atoms with van der Waals surface area (Å²) >= 11 is 0. The number of amides is 3. The first kappa shape index (κ1) is 17.0. The summed E-state index contributed by atoms with van der Waals surface area (Å²) in [4.78, 5) is 24.9. The van der Waals surface area contributed by atoms with Gasteiger partial charge in [0.25, 0.3) is 0 Å². The third-order valence-corrected chi connectivity index (χ3v) is 3.17. The van der Waals surface area contributed by atoms with Crippen LogP contribution in [0.3, 0.4) is 0 Å². The van der Waals surface area contributed by atoms with Crippen molar-refractivity contribution >= 4 is 17.6 Å². The Morgan fingerprint density at radius 2 is 1.81 bits per heavy atom. The maximum atomic E-state index is 11.8. The molecule has 5 heteroatoms. The number of hydrogen-bond acceptors (Lipinski definition) is 2. The molecule has 5 nitrogen and oxygen atoms in total. The minimum absolute atomic E-state index is 0.0573. The summed E-state index contributed by atoms with van der Waals surface area (Å²) in [6.45, 7) is 4.07. The minimum Gasteiger partial charge on any atom is -0.349 e. The highest BCUT2D eigenvalue weighted by molar-refractivity contribution is 5.89. The number of nitrogens with zero attached hydrogens (tertiary/aromatic N) is 1. The Kier molecular flexibility index (Phi) is 6.72. The Hall–Kier alpha value is -2.04. The summed E-state index contributed by atoms with van der Waals surface area (Å²) in [7, 11) is 3.47. The van der Waals surface area contributed by atoms with Gasteiger partial charge in [-0.2, -0.15) is 0 Å². The fourth-order valence-electron chi connectivity index (χ4n) is 1.93. The van der Waals surface area contributed by atoms with Gasteiger partial charge < -0.3 is 15.5 Å². The lowest BCUT2D eigenvalue weighted by Gasteiger charge is -2.14. The second kappa shape index (κ2) is 8.29. The van der Waals surface area contributed by atoms with Gasteiger partial charge in [0.05, 0.1) is 6.42 Å². The van der Waals surface area contributed by atoms with Gasteiger partial charge in [-0.3, -0.25) is 4.79 Å². The van der Waals surface area contributed by atoms with Crippen molar-refractivity contribution < 1.29 is 9.59 Å². The average molecular weight is 291 g/mol. The fraction of sp³-hybridized carbons (Fsp3) is 0.500. The maximum Gasteiger partial charge on any atom is 0.319 e. The number of hydrogen-bond donors (Lipinski definition) is 2. The van der Waals surface area contributed by atoms with Gasteiger partial charge in [-0.1, -0.05) is 25.5 Å². The van der Waals surface area contributed by atoms with E-state index in [2.05, 4.69) is 17.6 Å². The largest absolute Gasteiger partial charge is 0.349 e. The van der Waals surface area contributed by atoms with Crippen molar-refractivity contribution in [1.29, 1.82) is 0 Å². The van der Waals surface area contributed by atoms with Crippen molar-refractivity contribution in [3.8, 4) is 0 Å². The summed E-state index contributed by atoms with van der Waals surface area (Å²) in [6.07, 6.45) is 2.36. The number of anilines is 1. The predicted octanol–water partition coefficient (Wildman–Crippen LogP) is 2.63. The van der Waals surface area contributed by atoms with Gasteiger partial charge in [-0.25, -0.2) is 4.79 Å². The molecule has 21 heavy (non-hydrogen) atoms. The van der Waals surface area contributed by atoms with Gasteiger partial charge in [0.1, 0.15) is 0 Å². The number of benzene rings is 1. The first-order chi connectivity index (χ1) is 9.92. The summed E-state index contributed by atoms with van der Waals surface area (Å²) < 4.78 is 0. The van der Waals surface area contributed by atoms with Crippen LogP contribution in [-0.4, -0.2) is 37.0 Å². The molecular formula is C16H25N3O2. The van der Waals surface area contributed by atoms with Crippen LogP contribution < -0.4 is 10.6 Å². The van der Waals surface area contributed by atoms with Crippen molar-refractivity contribution in [1.82, 2.24) is 10.2 Å². The smallest absolute Gasteiger partial charge is 0.319 e. The summed E-state index contributed by atoms with van der Waals surface area (Å²) in [5.74, 6) is 0.0573. The molecule has 0 fully saturated rings. The molecule has 1 atom stereocenters. The highest BCUT2D eigenvalue weighted by atomic mass is 16.2. The van der Waals surface area contributed by atoms with E-state index in [1.807, 2.05) is 31.2 Å². The van der Waals surface area contributed by atoms with Crippen molar-refractivity contribution in [2.75, 3.05) is 19.4 Å². The van der Waals surface area contributed by atoms with E-state index in [4.69, 9.17) is 0 Å². The van der Waals surface area contributed by atoms with Gasteiger partial charge in [0, 0.05) is 25.8 Å². The first-order valence-electron chi connectivity index (χ1n) is 7.29. The molecule has 0 aliphatic heterocycles. The zero-order valence-corrected chi connectivity index (χ0v) is 13.3. The highest BCUT2D eigenvalue weighted by Gasteiger charge is 2.08. The molecule has 0 heterocycles. The number of carbonyl (C=O) groups excluding carboxylic acids is 2. The van der Waals surface area contributed by atoms with Crippen molar-refractivity contribution in [2.24, 2.45) is 0 Å². The van der Waals surface area contributed by atoms with Crippen LogP contribution in [0.4, 0.5) is 10.5 Å². The molecule has 0 bridgehead atoms. The maximum absolute atomic E-state index is 11.8. The number of carbonyl (C=O) groups is 2.